The second-order valence-corrected chi connectivity index (χ2v) is 6.48. The van der Waals surface area contributed by atoms with Gasteiger partial charge in [-0.05, 0) is 37.9 Å². The van der Waals surface area contributed by atoms with Crippen molar-refractivity contribution in [3.63, 3.8) is 0 Å². The largest absolute Gasteiger partial charge is 0.465 e. The molecule has 1 aromatic heterocycles. The fraction of sp³-hybridized carbons (Fsp3) is 0.333. The molecule has 2 aromatic rings. The first kappa shape index (κ1) is 18.2. The highest BCUT2D eigenvalue weighted by atomic mass is 32.1. The number of hydrogen-bond acceptors (Lipinski definition) is 5. The lowest BCUT2D eigenvalue weighted by Crippen LogP contribution is -2.15. The van der Waals surface area contributed by atoms with E-state index in [-0.39, 0.29) is 5.91 Å². The first-order valence-corrected chi connectivity index (χ1v) is 8.63. The molecule has 6 heteroatoms. The molecule has 0 unspecified atom stereocenters. The molecule has 24 heavy (non-hydrogen) atoms. The highest BCUT2D eigenvalue weighted by Crippen LogP contribution is 2.38. The molecule has 0 saturated heterocycles. The summed E-state index contributed by atoms with van der Waals surface area (Å²) >= 11 is 1.33. The Morgan fingerprint density at radius 3 is 2.67 bits per heavy atom. The summed E-state index contributed by atoms with van der Waals surface area (Å²) in [6, 6.07) is 6.07. The number of amides is 1. The zero-order chi connectivity index (χ0) is 17.7. The van der Waals surface area contributed by atoms with E-state index in [2.05, 4.69) is 5.32 Å². The molecule has 1 aromatic carbocycles. The predicted octanol–water partition coefficient (Wildman–Crippen LogP) is 3.50. The summed E-state index contributed by atoms with van der Waals surface area (Å²) in [4.78, 5) is 24.3. The van der Waals surface area contributed by atoms with Gasteiger partial charge in [-0.15, -0.1) is 11.3 Å². The number of carbonyl (C=O) groups is 2. The quantitative estimate of drug-likeness (QED) is 0.785. The van der Waals surface area contributed by atoms with Crippen LogP contribution in [0.1, 0.15) is 34.3 Å². The van der Waals surface area contributed by atoms with Crippen molar-refractivity contribution in [1.29, 1.82) is 0 Å². The highest BCUT2D eigenvalue weighted by molar-refractivity contribution is 7.15. The van der Waals surface area contributed by atoms with Gasteiger partial charge in [-0.25, -0.2) is 4.79 Å². The third-order valence-electron chi connectivity index (χ3n) is 3.72. The van der Waals surface area contributed by atoms with Gasteiger partial charge >= 0.3 is 5.97 Å². The number of ether oxygens (including phenoxy) is 1. The Balaban J connectivity index is 2.44. The van der Waals surface area contributed by atoms with E-state index in [0.717, 1.165) is 22.3 Å². The van der Waals surface area contributed by atoms with Gasteiger partial charge in [-0.1, -0.05) is 23.8 Å². The van der Waals surface area contributed by atoms with Crippen molar-refractivity contribution in [1.82, 2.24) is 0 Å². The van der Waals surface area contributed by atoms with E-state index in [1.165, 1.54) is 18.4 Å². The number of nitrogens with two attached hydrogens (primary N) is 1. The Bertz CT molecular complexity index is 753. The zero-order valence-corrected chi connectivity index (χ0v) is 15.0. The number of hydrogen-bond donors (Lipinski definition) is 2. The van der Waals surface area contributed by atoms with Gasteiger partial charge in [0.25, 0.3) is 0 Å². The van der Waals surface area contributed by atoms with Crippen molar-refractivity contribution in [2.75, 3.05) is 19.0 Å². The Hall–Kier alpha value is -2.18. The molecule has 0 radical (unpaired) electrons. The molecule has 0 aliphatic heterocycles. The molecule has 3 N–H and O–H groups in total. The third kappa shape index (κ3) is 4.01. The molecule has 5 nitrogen and oxygen atoms in total. The van der Waals surface area contributed by atoms with E-state index < -0.39 is 5.97 Å². The smallest absolute Gasteiger partial charge is 0.341 e. The van der Waals surface area contributed by atoms with E-state index in [4.69, 9.17) is 10.5 Å². The normalized spacial score (nSPS) is 10.5. The van der Waals surface area contributed by atoms with Crippen LogP contribution in [0.15, 0.2) is 23.6 Å². The van der Waals surface area contributed by atoms with Gasteiger partial charge in [-0.3, -0.25) is 4.79 Å². The summed E-state index contributed by atoms with van der Waals surface area (Å²) in [6.07, 6.45) is 0.933. The van der Waals surface area contributed by atoms with Gasteiger partial charge in [0.2, 0.25) is 5.91 Å². The molecule has 128 valence electrons. The van der Waals surface area contributed by atoms with Crippen LogP contribution in [-0.2, 0) is 9.53 Å². The molecule has 0 spiro atoms. The number of methoxy groups -OCH3 is 1. The second-order valence-electron chi connectivity index (χ2n) is 5.60. The summed E-state index contributed by atoms with van der Waals surface area (Å²) in [6.45, 7) is 4.45. The standard InChI is InChI=1S/C18H22N2O3S/c1-11-6-7-12(2)13(9-11)14-10-24-17(16(14)18(22)23-3)20-15(21)5-4-8-19/h6-7,9-10H,4-5,8,19H2,1-3H3,(H,20,21). The van der Waals surface area contributed by atoms with Gasteiger partial charge in [0, 0.05) is 17.4 Å². The minimum absolute atomic E-state index is 0.153. The molecule has 1 heterocycles. The number of aryl methyl sites for hydroxylation is 2. The molecule has 0 bridgehead atoms. The van der Waals surface area contributed by atoms with Crippen LogP contribution in [0, 0.1) is 13.8 Å². The van der Waals surface area contributed by atoms with Crippen LogP contribution in [0.4, 0.5) is 5.00 Å². The van der Waals surface area contributed by atoms with Crippen molar-refractivity contribution in [3.05, 3.63) is 40.3 Å². The first-order valence-electron chi connectivity index (χ1n) is 7.75. The Morgan fingerprint density at radius 1 is 1.25 bits per heavy atom. The summed E-state index contributed by atoms with van der Waals surface area (Å²) < 4.78 is 4.93. The molecule has 0 atom stereocenters. The summed E-state index contributed by atoms with van der Waals surface area (Å²) in [5.74, 6) is -0.610. The lowest BCUT2D eigenvalue weighted by molar-refractivity contribution is -0.116. The summed E-state index contributed by atoms with van der Waals surface area (Å²) in [5.41, 5.74) is 9.74. The predicted molar refractivity (Wildman–Crippen MR) is 97.5 cm³/mol. The van der Waals surface area contributed by atoms with E-state index in [1.54, 1.807) is 0 Å². The number of esters is 1. The Labute approximate surface area is 145 Å². The molecule has 0 aliphatic rings. The van der Waals surface area contributed by atoms with Crippen molar-refractivity contribution < 1.29 is 14.3 Å². The van der Waals surface area contributed by atoms with Crippen LogP contribution in [0.3, 0.4) is 0 Å². The second kappa shape index (κ2) is 8.08. The molecule has 2 rings (SSSR count). The molecular weight excluding hydrogens is 324 g/mol. The maximum absolute atomic E-state index is 12.3. The average molecular weight is 346 g/mol. The van der Waals surface area contributed by atoms with Crippen LogP contribution in [0.2, 0.25) is 0 Å². The van der Waals surface area contributed by atoms with Crippen molar-refractivity contribution in [2.24, 2.45) is 5.73 Å². The fourth-order valence-corrected chi connectivity index (χ4v) is 3.40. The molecule has 0 fully saturated rings. The maximum Gasteiger partial charge on any atom is 0.341 e. The van der Waals surface area contributed by atoms with Crippen LogP contribution in [0.25, 0.3) is 11.1 Å². The number of carbonyl (C=O) groups excluding carboxylic acids is 2. The number of benzene rings is 1. The minimum Gasteiger partial charge on any atom is -0.465 e. The lowest BCUT2D eigenvalue weighted by atomic mass is 9.97. The van der Waals surface area contributed by atoms with Crippen LogP contribution >= 0.6 is 11.3 Å². The van der Waals surface area contributed by atoms with Gasteiger partial charge in [-0.2, -0.15) is 0 Å². The number of anilines is 1. The Kier molecular flexibility index (Phi) is 6.11. The number of nitrogens with one attached hydrogen (secondary N) is 1. The monoisotopic (exact) mass is 346 g/mol. The molecule has 1 amide bonds. The van der Waals surface area contributed by atoms with Crippen LogP contribution in [0.5, 0.6) is 0 Å². The first-order chi connectivity index (χ1) is 11.5. The van der Waals surface area contributed by atoms with Gasteiger partial charge in [0.15, 0.2) is 0 Å². The Morgan fingerprint density at radius 2 is 2.00 bits per heavy atom. The SMILES string of the molecule is COC(=O)c1c(-c2cc(C)ccc2C)csc1NC(=O)CCCN. The van der Waals surface area contributed by atoms with E-state index in [1.807, 2.05) is 37.4 Å². The lowest BCUT2D eigenvalue weighted by Gasteiger charge is -2.10. The average Bonchev–Trinajstić information content (AvgIpc) is 2.97. The molecular formula is C18H22N2O3S. The zero-order valence-electron chi connectivity index (χ0n) is 14.1. The third-order valence-corrected chi connectivity index (χ3v) is 4.62. The van der Waals surface area contributed by atoms with E-state index in [0.29, 0.717) is 30.0 Å². The van der Waals surface area contributed by atoms with Crippen molar-refractivity contribution in [3.8, 4) is 11.1 Å². The topological polar surface area (TPSA) is 81.4 Å². The molecule has 0 saturated carbocycles. The summed E-state index contributed by atoms with van der Waals surface area (Å²) in [5, 5.41) is 5.20. The van der Waals surface area contributed by atoms with Gasteiger partial charge < -0.3 is 15.8 Å². The van der Waals surface area contributed by atoms with E-state index in [9.17, 15) is 9.59 Å². The summed E-state index contributed by atoms with van der Waals surface area (Å²) in [7, 11) is 1.34. The van der Waals surface area contributed by atoms with Crippen LogP contribution < -0.4 is 11.1 Å². The maximum atomic E-state index is 12.3. The van der Waals surface area contributed by atoms with Gasteiger partial charge in [0.1, 0.15) is 10.6 Å². The number of rotatable bonds is 6. The fourth-order valence-electron chi connectivity index (χ4n) is 2.43. The minimum atomic E-state index is -0.457. The van der Waals surface area contributed by atoms with Gasteiger partial charge in [0.05, 0.1) is 7.11 Å². The van der Waals surface area contributed by atoms with Crippen molar-refractivity contribution in [2.45, 2.75) is 26.7 Å². The number of thiophene rings is 1. The van der Waals surface area contributed by atoms with Crippen molar-refractivity contribution >= 4 is 28.2 Å². The van der Waals surface area contributed by atoms with Crippen LogP contribution in [-0.4, -0.2) is 25.5 Å². The van der Waals surface area contributed by atoms with E-state index >= 15 is 0 Å². The highest BCUT2D eigenvalue weighted by Gasteiger charge is 2.23. The molecule has 0 aliphatic carbocycles.